The van der Waals surface area contributed by atoms with Crippen LogP contribution in [0.25, 0.3) is 11.1 Å². The molecule has 9 N–H and O–H groups in total. The number of nitrogens with zero attached hydrogens (tertiary/aromatic N) is 3. The van der Waals surface area contributed by atoms with E-state index in [0.29, 0.717) is 33.8 Å². The van der Waals surface area contributed by atoms with Crippen LogP contribution in [-0.2, 0) is 30.4 Å². The first kappa shape index (κ1) is 39.2. The van der Waals surface area contributed by atoms with Gasteiger partial charge in [0.1, 0.15) is 55.4 Å². The highest BCUT2D eigenvalue weighted by atomic mass is 16.5. The van der Waals surface area contributed by atoms with Gasteiger partial charge in [-0.2, -0.15) is 5.26 Å². The number of fused-ring (bicyclic) bond motifs is 5. The minimum atomic E-state index is -1.31. The minimum Gasteiger partial charge on any atom is -0.492 e. The molecular formula is C34H47N9O7. The van der Waals surface area contributed by atoms with Gasteiger partial charge in [0.25, 0.3) is 0 Å². The van der Waals surface area contributed by atoms with Gasteiger partial charge < -0.3 is 52.4 Å². The normalized spacial score (nSPS) is 17.9. The van der Waals surface area contributed by atoms with Crippen molar-refractivity contribution in [1.82, 2.24) is 25.8 Å². The van der Waals surface area contributed by atoms with E-state index >= 15 is 0 Å². The molecule has 2 aromatic carbocycles. The monoisotopic (exact) mass is 693 g/mol. The molecule has 2 aromatic rings. The van der Waals surface area contributed by atoms with Crippen molar-refractivity contribution in [2.24, 2.45) is 17.2 Å². The first-order valence-corrected chi connectivity index (χ1v) is 16.3. The number of amides is 5. The maximum atomic E-state index is 14.2. The second-order valence-corrected chi connectivity index (χ2v) is 11.8. The summed E-state index contributed by atoms with van der Waals surface area (Å²) in [5.74, 6) is -2.09. The highest BCUT2D eigenvalue weighted by Crippen LogP contribution is 2.40. The SMILES string of the molecule is CC(=O)N(C)[C@@H](CCN)C(=O)N(C)[C@@H]1C(=O)N[C@@H](C)C(=O)N[C@H](C(=O)NCC#N)Cc2ccc(OCCN)c(c2)-c2cc1ccc2OCCN. The Labute approximate surface area is 291 Å². The molecular weight excluding hydrogens is 646 g/mol. The molecule has 4 bridgehead atoms. The van der Waals surface area contributed by atoms with Crippen molar-refractivity contribution in [3.8, 4) is 28.7 Å². The van der Waals surface area contributed by atoms with Gasteiger partial charge in [0.15, 0.2) is 0 Å². The van der Waals surface area contributed by atoms with Crippen LogP contribution in [0.1, 0.15) is 37.4 Å². The topological polar surface area (TPSA) is 248 Å². The number of carbonyl (C=O) groups is 5. The van der Waals surface area contributed by atoms with E-state index in [0.717, 1.165) is 0 Å². The standard InChI is InChI=1S/C34H47N9O7/c1-20-31(45)41-26(32(46)39-14-11-36)18-22-5-7-28(49-15-12-37)24(17-22)25-19-23(6-8-29(25)50-16-13-38)30(33(47)40-20)43(4)34(48)27(9-10-35)42(3)21(2)44/h5-8,17,19-20,26-27,30H,9-10,12-16,18,35,37-38H2,1-4H3,(H,39,46)(H,40,47)(H,41,45)/t20-,26-,27-,30-/m0/s1. The fourth-order valence-electron chi connectivity index (χ4n) is 5.55. The summed E-state index contributed by atoms with van der Waals surface area (Å²) in [6.07, 6.45) is 0.159. The first-order valence-electron chi connectivity index (χ1n) is 16.3. The lowest BCUT2D eigenvalue weighted by Crippen LogP contribution is -2.56. The molecule has 0 aromatic heterocycles. The molecule has 50 heavy (non-hydrogen) atoms. The van der Waals surface area contributed by atoms with Crippen molar-refractivity contribution in [3.63, 3.8) is 0 Å². The quantitative estimate of drug-likeness (QED) is 0.138. The van der Waals surface area contributed by atoms with Crippen LogP contribution in [0.2, 0.25) is 0 Å². The highest BCUT2D eigenvalue weighted by molar-refractivity contribution is 5.96. The van der Waals surface area contributed by atoms with Gasteiger partial charge in [0.05, 0.1) is 6.07 Å². The molecule has 0 unspecified atom stereocenters. The van der Waals surface area contributed by atoms with E-state index in [1.165, 1.54) is 37.7 Å². The lowest BCUT2D eigenvalue weighted by molar-refractivity contribution is -0.147. The number of rotatable bonds is 13. The predicted octanol–water partition coefficient (Wildman–Crippen LogP) is -1.09. The van der Waals surface area contributed by atoms with Crippen LogP contribution in [0.4, 0.5) is 0 Å². The molecule has 0 fully saturated rings. The molecule has 1 aliphatic rings. The summed E-state index contributed by atoms with van der Waals surface area (Å²) >= 11 is 0. The van der Waals surface area contributed by atoms with Gasteiger partial charge in [0.2, 0.25) is 29.5 Å². The third-order valence-electron chi connectivity index (χ3n) is 8.24. The molecule has 1 aliphatic heterocycles. The molecule has 4 atom stereocenters. The third kappa shape index (κ3) is 9.68. The van der Waals surface area contributed by atoms with E-state index < -0.39 is 47.8 Å². The Morgan fingerprint density at radius 3 is 2.16 bits per heavy atom. The summed E-state index contributed by atoms with van der Waals surface area (Å²) in [7, 11) is 2.91. The molecule has 3 rings (SSSR count). The molecule has 0 aliphatic carbocycles. The molecule has 5 amide bonds. The fourth-order valence-corrected chi connectivity index (χ4v) is 5.55. The molecule has 16 heteroatoms. The summed E-state index contributed by atoms with van der Waals surface area (Å²) < 4.78 is 12.0. The van der Waals surface area contributed by atoms with Crippen LogP contribution >= 0.6 is 0 Å². The summed E-state index contributed by atoms with van der Waals surface area (Å²) in [4.78, 5) is 69.6. The van der Waals surface area contributed by atoms with Crippen LogP contribution in [0.15, 0.2) is 36.4 Å². The van der Waals surface area contributed by atoms with E-state index in [9.17, 15) is 24.0 Å². The number of likely N-dealkylation sites (N-methyl/N-ethyl adjacent to an activating group) is 2. The lowest BCUT2D eigenvalue weighted by atomic mass is 9.93. The zero-order valence-corrected chi connectivity index (χ0v) is 28.9. The molecule has 0 saturated carbocycles. The van der Waals surface area contributed by atoms with E-state index in [4.69, 9.17) is 31.9 Å². The van der Waals surface area contributed by atoms with Crippen molar-refractivity contribution in [2.45, 2.75) is 50.9 Å². The van der Waals surface area contributed by atoms with Crippen molar-refractivity contribution in [3.05, 3.63) is 47.5 Å². The lowest BCUT2D eigenvalue weighted by Gasteiger charge is -2.35. The number of ether oxygens (including phenoxy) is 2. The molecule has 16 nitrogen and oxygen atoms in total. The van der Waals surface area contributed by atoms with Gasteiger partial charge >= 0.3 is 0 Å². The number of hydrogen-bond acceptors (Lipinski definition) is 11. The Kier molecular flexibility index (Phi) is 14.5. The average Bonchev–Trinajstić information content (AvgIpc) is 3.10. The second-order valence-electron chi connectivity index (χ2n) is 11.8. The number of carbonyl (C=O) groups excluding carboxylic acids is 5. The number of nitrogens with two attached hydrogens (primary N) is 3. The zero-order chi connectivity index (χ0) is 37.0. The smallest absolute Gasteiger partial charge is 0.248 e. The van der Waals surface area contributed by atoms with Gasteiger partial charge in [-0.15, -0.1) is 0 Å². The molecule has 0 spiro atoms. The maximum absolute atomic E-state index is 14.2. The van der Waals surface area contributed by atoms with E-state index in [1.54, 1.807) is 36.4 Å². The van der Waals surface area contributed by atoms with Crippen LogP contribution in [0.3, 0.4) is 0 Å². The highest BCUT2D eigenvalue weighted by Gasteiger charge is 2.37. The Morgan fingerprint density at radius 1 is 0.960 bits per heavy atom. The first-order chi connectivity index (χ1) is 23.9. The molecule has 1 heterocycles. The Hall–Kier alpha value is -5.24. The van der Waals surface area contributed by atoms with Gasteiger partial charge in [-0.25, -0.2) is 0 Å². The second kappa shape index (κ2) is 18.5. The largest absolute Gasteiger partial charge is 0.492 e. The predicted molar refractivity (Wildman–Crippen MR) is 184 cm³/mol. The number of nitrogens with one attached hydrogen (secondary N) is 3. The summed E-state index contributed by atoms with van der Waals surface area (Å²) in [5.41, 5.74) is 19.3. The van der Waals surface area contributed by atoms with E-state index in [-0.39, 0.29) is 58.1 Å². The molecule has 0 radical (unpaired) electrons. The Bertz CT molecular complexity index is 1600. The number of nitriles is 1. The minimum absolute atomic E-state index is 0.0264. The molecule has 0 saturated heterocycles. The van der Waals surface area contributed by atoms with Gasteiger partial charge in [-0.1, -0.05) is 12.1 Å². The van der Waals surface area contributed by atoms with Crippen molar-refractivity contribution >= 4 is 29.5 Å². The van der Waals surface area contributed by atoms with E-state index in [2.05, 4.69) is 16.0 Å². The zero-order valence-electron chi connectivity index (χ0n) is 28.9. The maximum Gasteiger partial charge on any atom is 0.248 e. The van der Waals surface area contributed by atoms with Crippen molar-refractivity contribution < 1.29 is 33.4 Å². The fraction of sp³-hybridized carbons (Fsp3) is 0.471. The van der Waals surface area contributed by atoms with Crippen molar-refractivity contribution in [1.29, 1.82) is 5.26 Å². The van der Waals surface area contributed by atoms with Crippen LogP contribution in [0.5, 0.6) is 11.5 Å². The van der Waals surface area contributed by atoms with Crippen LogP contribution in [0, 0.1) is 11.3 Å². The Morgan fingerprint density at radius 2 is 1.58 bits per heavy atom. The van der Waals surface area contributed by atoms with Crippen LogP contribution < -0.4 is 42.6 Å². The summed E-state index contributed by atoms with van der Waals surface area (Å²) in [6.45, 7) is 3.35. The average molecular weight is 694 g/mol. The van der Waals surface area contributed by atoms with Gasteiger partial charge in [0, 0.05) is 51.7 Å². The molecule has 270 valence electrons. The van der Waals surface area contributed by atoms with Crippen molar-refractivity contribution in [2.75, 3.05) is 53.5 Å². The van der Waals surface area contributed by atoms with Gasteiger partial charge in [-0.3, -0.25) is 24.0 Å². The number of hydrogen-bond donors (Lipinski definition) is 6. The van der Waals surface area contributed by atoms with E-state index in [1.807, 2.05) is 6.07 Å². The summed E-state index contributed by atoms with van der Waals surface area (Å²) in [6, 6.07) is 7.47. The van der Waals surface area contributed by atoms with Crippen LogP contribution in [-0.4, -0.2) is 111 Å². The third-order valence-corrected chi connectivity index (χ3v) is 8.24. The van der Waals surface area contributed by atoms with Gasteiger partial charge in [-0.05, 0) is 55.3 Å². The number of benzene rings is 2. The summed E-state index contributed by atoms with van der Waals surface area (Å²) in [5, 5.41) is 16.9. The Balaban J connectivity index is 2.32.